The quantitative estimate of drug-likeness (QED) is 0.772. The van der Waals surface area contributed by atoms with Crippen LogP contribution in [0.1, 0.15) is 26.7 Å². The van der Waals surface area contributed by atoms with Gasteiger partial charge in [-0.25, -0.2) is 0 Å². The lowest BCUT2D eigenvalue weighted by molar-refractivity contribution is -0.139. The first kappa shape index (κ1) is 19.4. The van der Waals surface area contributed by atoms with Crippen molar-refractivity contribution in [1.29, 1.82) is 0 Å². The number of aliphatic carboxylic acids is 1. The van der Waals surface area contributed by atoms with E-state index in [4.69, 9.17) is 5.11 Å². The van der Waals surface area contributed by atoms with Crippen LogP contribution in [0.4, 0.5) is 5.69 Å². The Morgan fingerprint density at radius 2 is 1.86 bits per heavy atom. The number of amides is 1. The number of halogens is 1. The Morgan fingerprint density at radius 3 is 2.33 bits per heavy atom. The number of rotatable bonds is 8. The highest BCUT2D eigenvalue weighted by Crippen LogP contribution is 2.12. The fraction of sp³-hybridized carbons (Fsp3) is 0.467. The highest BCUT2D eigenvalue weighted by molar-refractivity contribution is 5.95. The van der Waals surface area contributed by atoms with Crippen molar-refractivity contribution in [3.8, 4) is 0 Å². The number of carbonyl (C=O) groups is 2. The normalized spacial score (nSPS) is 11.3. The van der Waals surface area contributed by atoms with Crippen molar-refractivity contribution in [2.75, 3.05) is 18.0 Å². The van der Waals surface area contributed by atoms with Crippen molar-refractivity contribution >= 4 is 30.0 Å². The number of para-hydroxylation sites is 1. The molecule has 1 aromatic carbocycles. The Kier molecular flexibility index (Phi) is 9.41. The lowest BCUT2D eigenvalue weighted by atomic mass is 10.1. The number of benzene rings is 1. The molecule has 1 rings (SSSR count). The van der Waals surface area contributed by atoms with E-state index >= 15 is 0 Å². The largest absolute Gasteiger partial charge is 0.480 e. The fourth-order valence-corrected chi connectivity index (χ4v) is 2.02. The Bertz CT molecular complexity index is 440. The van der Waals surface area contributed by atoms with E-state index in [1.165, 1.54) is 0 Å². The molecule has 0 bridgehead atoms. The summed E-state index contributed by atoms with van der Waals surface area (Å²) in [5.74, 6) is -1.04. The van der Waals surface area contributed by atoms with E-state index in [2.05, 4.69) is 5.32 Å². The first-order valence-corrected chi connectivity index (χ1v) is 6.91. The second-order valence-electron chi connectivity index (χ2n) is 4.53. The highest BCUT2D eigenvalue weighted by atomic mass is 35.5. The monoisotopic (exact) mass is 314 g/mol. The third-order valence-electron chi connectivity index (χ3n) is 3.06. The molecule has 1 aromatic rings. The minimum Gasteiger partial charge on any atom is -0.480 e. The molecule has 1 amide bonds. The van der Waals surface area contributed by atoms with Crippen LogP contribution in [0.25, 0.3) is 0 Å². The Balaban J connectivity index is 0.00000400. The highest BCUT2D eigenvalue weighted by Gasteiger charge is 2.19. The summed E-state index contributed by atoms with van der Waals surface area (Å²) in [6.07, 6.45) is 1.27. The third-order valence-corrected chi connectivity index (χ3v) is 3.06. The van der Waals surface area contributed by atoms with Crippen LogP contribution in [0.2, 0.25) is 0 Å². The molecule has 1 unspecified atom stereocenters. The number of carboxylic acid groups (broad SMARTS) is 1. The molecule has 0 radical (unpaired) electrons. The molecule has 0 aliphatic rings. The summed E-state index contributed by atoms with van der Waals surface area (Å²) in [5, 5.41) is 11.9. The number of nitrogens with zero attached hydrogens (tertiary/aromatic N) is 1. The van der Waals surface area contributed by atoms with Gasteiger partial charge in [-0.3, -0.25) is 14.9 Å². The molecular weight excluding hydrogens is 292 g/mol. The summed E-state index contributed by atoms with van der Waals surface area (Å²) in [4.78, 5) is 24.8. The van der Waals surface area contributed by atoms with Crippen molar-refractivity contribution < 1.29 is 14.7 Å². The Morgan fingerprint density at radius 1 is 1.24 bits per heavy atom. The van der Waals surface area contributed by atoms with E-state index in [1.807, 2.05) is 44.2 Å². The zero-order chi connectivity index (χ0) is 15.0. The van der Waals surface area contributed by atoms with Gasteiger partial charge in [0.25, 0.3) is 0 Å². The minimum absolute atomic E-state index is 0. The van der Waals surface area contributed by atoms with Gasteiger partial charge in [0.15, 0.2) is 0 Å². The molecule has 0 saturated carbocycles. The lowest BCUT2D eigenvalue weighted by Crippen LogP contribution is -2.44. The van der Waals surface area contributed by atoms with Crippen LogP contribution in [-0.2, 0) is 9.59 Å². The fourth-order valence-electron chi connectivity index (χ4n) is 2.02. The van der Waals surface area contributed by atoms with Gasteiger partial charge in [0, 0.05) is 12.2 Å². The van der Waals surface area contributed by atoms with Gasteiger partial charge in [-0.1, -0.05) is 31.5 Å². The topological polar surface area (TPSA) is 69.6 Å². The summed E-state index contributed by atoms with van der Waals surface area (Å²) in [6.45, 7) is 4.39. The van der Waals surface area contributed by atoms with Gasteiger partial charge in [0.1, 0.15) is 6.04 Å². The van der Waals surface area contributed by atoms with E-state index in [0.717, 1.165) is 12.1 Å². The number of hydrogen-bond donors (Lipinski definition) is 2. The second-order valence-corrected chi connectivity index (χ2v) is 4.53. The minimum atomic E-state index is -0.914. The summed E-state index contributed by atoms with van der Waals surface area (Å²) in [5.41, 5.74) is 0.823. The molecule has 0 heterocycles. The number of hydrogen-bond acceptors (Lipinski definition) is 3. The van der Waals surface area contributed by atoms with Gasteiger partial charge in [-0.15, -0.1) is 12.4 Å². The molecule has 118 valence electrons. The molecule has 2 N–H and O–H groups in total. The first-order chi connectivity index (χ1) is 9.60. The third kappa shape index (κ3) is 6.14. The first-order valence-electron chi connectivity index (χ1n) is 6.91. The molecule has 0 spiro atoms. The predicted octanol–water partition coefficient (Wildman–Crippen LogP) is 2.30. The standard InChI is InChI=1S/C15H22N2O3.ClH/c1-3-8-13(15(19)20)16-11-14(18)17(4-2)12-9-6-5-7-10-12;/h5-7,9-10,13,16H,3-4,8,11H2,1-2H3,(H,19,20);1H. The predicted molar refractivity (Wildman–Crippen MR) is 86.1 cm³/mol. The van der Waals surface area contributed by atoms with E-state index in [0.29, 0.717) is 13.0 Å². The average molecular weight is 315 g/mol. The van der Waals surface area contributed by atoms with Gasteiger partial charge in [0.05, 0.1) is 6.54 Å². The number of carboxylic acids is 1. The van der Waals surface area contributed by atoms with Gasteiger partial charge < -0.3 is 10.0 Å². The van der Waals surface area contributed by atoms with Crippen molar-refractivity contribution in [1.82, 2.24) is 5.32 Å². The van der Waals surface area contributed by atoms with E-state index < -0.39 is 12.0 Å². The van der Waals surface area contributed by atoms with Crippen LogP contribution in [0.3, 0.4) is 0 Å². The summed E-state index contributed by atoms with van der Waals surface area (Å²) in [7, 11) is 0. The molecule has 0 aliphatic heterocycles. The molecule has 6 heteroatoms. The van der Waals surface area contributed by atoms with Crippen molar-refractivity contribution in [3.05, 3.63) is 30.3 Å². The van der Waals surface area contributed by atoms with E-state index in [1.54, 1.807) is 4.90 Å². The number of carbonyl (C=O) groups excluding carboxylic acids is 1. The molecular formula is C15H23ClN2O3. The van der Waals surface area contributed by atoms with Gasteiger partial charge in [0.2, 0.25) is 5.91 Å². The summed E-state index contributed by atoms with van der Waals surface area (Å²) < 4.78 is 0. The van der Waals surface area contributed by atoms with Crippen LogP contribution in [-0.4, -0.2) is 36.1 Å². The number of nitrogens with one attached hydrogen (secondary N) is 1. The summed E-state index contributed by atoms with van der Waals surface area (Å²) in [6, 6.07) is 8.69. The van der Waals surface area contributed by atoms with Crippen molar-refractivity contribution in [2.45, 2.75) is 32.7 Å². The summed E-state index contributed by atoms with van der Waals surface area (Å²) >= 11 is 0. The zero-order valence-electron chi connectivity index (χ0n) is 12.4. The lowest BCUT2D eigenvalue weighted by Gasteiger charge is -2.22. The molecule has 1 atom stereocenters. The average Bonchev–Trinajstić information content (AvgIpc) is 2.45. The molecule has 0 aromatic heterocycles. The maximum atomic E-state index is 12.2. The van der Waals surface area contributed by atoms with Gasteiger partial charge in [-0.2, -0.15) is 0 Å². The van der Waals surface area contributed by atoms with E-state index in [9.17, 15) is 9.59 Å². The molecule has 0 aliphatic carbocycles. The van der Waals surface area contributed by atoms with Crippen LogP contribution >= 0.6 is 12.4 Å². The van der Waals surface area contributed by atoms with Crippen molar-refractivity contribution in [2.24, 2.45) is 0 Å². The SMILES string of the molecule is CCCC(NCC(=O)N(CC)c1ccccc1)C(=O)O.Cl. The molecule has 0 saturated heterocycles. The van der Waals surface area contributed by atoms with Crippen LogP contribution in [0, 0.1) is 0 Å². The zero-order valence-corrected chi connectivity index (χ0v) is 13.2. The maximum absolute atomic E-state index is 12.2. The van der Waals surface area contributed by atoms with Crippen LogP contribution in [0.15, 0.2) is 30.3 Å². The number of anilines is 1. The number of likely N-dealkylation sites (N-methyl/N-ethyl adjacent to an activating group) is 1. The smallest absolute Gasteiger partial charge is 0.320 e. The molecule has 21 heavy (non-hydrogen) atoms. The van der Waals surface area contributed by atoms with Gasteiger partial charge in [-0.05, 0) is 25.5 Å². The van der Waals surface area contributed by atoms with Crippen LogP contribution < -0.4 is 10.2 Å². The molecule has 5 nitrogen and oxygen atoms in total. The Labute approximate surface area is 131 Å². The van der Waals surface area contributed by atoms with Gasteiger partial charge >= 0.3 is 5.97 Å². The van der Waals surface area contributed by atoms with E-state index in [-0.39, 0.29) is 24.9 Å². The van der Waals surface area contributed by atoms with Crippen LogP contribution in [0.5, 0.6) is 0 Å². The van der Waals surface area contributed by atoms with Crippen molar-refractivity contribution in [3.63, 3.8) is 0 Å². The second kappa shape index (κ2) is 10.2. The maximum Gasteiger partial charge on any atom is 0.320 e. The molecule has 0 fully saturated rings. The Hall–Kier alpha value is -1.59.